The van der Waals surface area contributed by atoms with Crippen LogP contribution in [-0.4, -0.2) is 58.5 Å². The van der Waals surface area contributed by atoms with Gasteiger partial charge in [0.15, 0.2) is 6.10 Å². The van der Waals surface area contributed by atoms with Crippen molar-refractivity contribution in [2.24, 2.45) is 0 Å². The van der Waals surface area contributed by atoms with Crippen molar-refractivity contribution in [1.29, 1.82) is 0 Å². The van der Waals surface area contributed by atoms with Gasteiger partial charge >= 0.3 is 5.97 Å². The minimum absolute atomic E-state index is 0.323. The highest BCUT2D eigenvalue weighted by atomic mass is 16.6. The van der Waals surface area contributed by atoms with E-state index in [1.807, 2.05) is 11.6 Å². The number of hydrogen-bond acceptors (Lipinski definition) is 6. The molecule has 18 heavy (non-hydrogen) atoms. The molecule has 1 aromatic heterocycles. The Hall–Kier alpha value is -1.47. The maximum Gasteiger partial charge on any atom is 0.336 e. The molecule has 0 N–H and O–H groups in total. The predicted octanol–water partition coefficient (Wildman–Crippen LogP) is -0.328. The zero-order valence-electron chi connectivity index (χ0n) is 10.7. The van der Waals surface area contributed by atoms with E-state index in [0.29, 0.717) is 19.7 Å². The highest BCUT2D eigenvalue weighted by Gasteiger charge is 2.27. The van der Waals surface area contributed by atoms with E-state index in [9.17, 15) is 4.79 Å². The van der Waals surface area contributed by atoms with Crippen molar-refractivity contribution in [1.82, 2.24) is 19.7 Å². The van der Waals surface area contributed by atoms with Crippen LogP contribution in [-0.2, 0) is 27.4 Å². The number of aryl methyl sites for hydroxylation is 1. The summed E-state index contributed by atoms with van der Waals surface area (Å²) in [5.41, 5.74) is 0. The molecule has 1 aliphatic rings. The Morgan fingerprint density at radius 3 is 3.22 bits per heavy atom. The summed E-state index contributed by atoms with van der Waals surface area (Å²) in [4.78, 5) is 17.8. The fourth-order valence-electron chi connectivity index (χ4n) is 1.99. The fraction of sp³-hybridized carbons (Fsp3) is 0.727. The molecule has 0 amide bonds. The lowest BCUT2D eigenvalue weighted by Gasteiger charge is -2.30. The standard InChI is InChI=1S/C11H18N4O3/c1-3-15-10(12-8-13-15)7-14-4-5-18-9(6-14)11(16)17-2/h8-9H,3-7H2,1-2H3. The van der Waals surface area contributed by atoms with Gasteiger partial charge in [-0.15, -0.1) is 0 Å². The van der Waals surface area contributed by atoms with Crippen LogP contribution in [0.25, 0.3) is 0 Å². The molecule has 1 unspecified atom stereocenters. The number of carbonyl (C=O) groups is 1. The lowest BCUT2D eigenvalue weighted by molar-refractivity contribution is -0.160. The molecule has 7 heteroatoms. The number of morpholine rings is 1. The van der Waals surface area contributed by atoms with Crippen LogP contribution < -0.4 is 0 Å². The largest absolute Gasteiger partial charge is 0.467 e. The molecule has 0 radical (unpaired) electrons. The summed E-state index contributed by atoms with van der Waals surface area (Å²) in [5.74, 6) is 0.583. The van der Waals surface area contributed by atoms with Gasteiger partial charge < -0.3 is 9.47 Å². The number of carbonyl (C=O) groups excluding carboxylic acids is 1. The van der Waals surface area contributed by atoms with Gasteiger partial charge in [0.25, 0.3) is 0 Å². The van der Waals surface area contributed by atoms with Gasteiger partial charge in [-0.25, -0.2) is 14.5 Å². The second kappa shape index (κ2) is 5.92. The molecule has 0 saturated carbocycles. The highest BCUT2D eigenvalue weighted by Crippen LogP contribution is 2.10. The Morgan fingerprint density at radius 2 is 2.50 bits per heavy atom. The van der Waals surface area contributed by atoms with E-state index in [4.69, 9.17) is 9.47 Å². The SMILES string of the molecule is CCn1ncnc1CN1CCOC(C(=O)OC)C1. The van der Waals surface area contributed by atoms with Crippen molar-refractivity contribution in [2.45, 2.75) is 26.1 Å². The number of methoxy groups -OCH3 is 1. The van der Waals surface area contributed by atoms with E-state index in [1.165, 1.54) is 7.11 Å². The van der Waals surface area contributed by atoms with Crippen LogP contribution in [0.2, 0.25) is 0 Å². The van der Waals surface area contributed by atoms with Gasteiger partial charge in [0.1, 0.15) is 12.2 Å². The van der Waals surface area contributed by atoms with Gasteiger partial charge in [-0.3, -0.25) is 4.90 Å². The van der Waals surface area contributed by atoms with Gasteiger partial charge in [-0.1, -0.05) is 0 Å². The summed E-state index contributed by atoms with van der Waals surface area (Å²) in [6, 6.07) is 0. The van der Waals surface area contributed by atoms with E-state index in [2.05, 4.69) is 15.0 Å². The minimum atomic E-state index is -0.498. The zero-order valence-corrected chi connectivity index (χ0v) is 10.7. The second-order valence-electron chi connectivity index (χ2n) is 4.11. The van der Waals surface area contributed by atoms with Crippen molar-refractivity contribution in [2.75, 3.05) is 26.8 Å². The van der Waals surface area contributed by atoms with Crippen LogP contribution in [0, 0.1) is 0 Å². The zero-order chi connectivity index (χ0) is 13.0. The average molecular weight is 254 g/mol. The number of hydrogen-bond donors (Lipinski definition) is 0. The number of ether oxygens (including phenoxy) is 2. The van der Waals surface area contributed by atoms with Crippen molar-refractivity contribution in [3.05, 3.63) is 12.2 Å². The Balaban J connectivity index is 1.95. The van der Waals surface area contributed by atoms with Crippen LogP contribution >= 0.6 is 0 Å². The van der Waals surface area contributed by atoms with Gasteiger partial charge in [0.05, 0.1) is 20.3 Å². The lowest BCUT2D eigenvalue weighted by atomic mass is 10.2. The molecular weight excluding hydrogens is 236 g/mol. The summed E-state index contributed by atoms with van der Waals surface area (Å²) in [6.45, 7) is 5.33. The van der Waals surface area contributed by atoms with Crippen molar-refractivity contribution in [3.8, 4) is 0 Å². The van der Waals surface area contributed by atoms with Crippen LogP contribution in [0.3, 0.4) is 0 Å². The van der Waals surface area contributed by atoms with Gasteiger partial charge in [0, 0.05) is 19.6 Å². The molecule has 100 valence electrons. The normalized spacial score (nSPS) is 20.9. The van der Waals surface area contributed by atoms with Crippen molar-refractivity contribution >= 4 is 5.97 Å². The van der Waals surface area contributed by atoms with Gasteiger partial charge in [-0.05, 0) is 6.92 Å². The van der Waals surface area contributed by atoms with E-state index in [-0.39, 0.29) is 5.97 Å². The Labute approximate surface area is 106 Å². The number of esters is 1. The molecule has 0 aromatic carbocycles. The molecule has 0 aliphatic carbocycles. The Kier molecular flexibility index (Phi) is 4.27. The first-order chi connectivity index (χ1) is 8.74. The third-order valence-electron chi connectivity index (χ3n) is 2.97. The van der Waals surface area contributed by atoms with E-state index in [1.54, 1.807) is 6.33 Å². The predicted molar refractivity (Wildman–Crippen MR) is 62.7 cm³/mol. The molecule has 2 heterocycles. The monoisotopic (exact) mass is 254 g/mol. The van der Waals surface area contributed by atoms with Crippen LogP contribution in [0.4, 0.5) is 0 Å². The summed E-state index contributed by atoms with van der Waals surface area (Å²) < 4.78 is 11.9. The van der Waals surface area contributed by atoms with Gasteiger partial charge in [0.2, 0.25) is 0 Å². The minimum Gasteiger partial charge on any atom is -0.467 e. The summed E-state index contributed by atoms with van der Waals surface area (Å²) in [7, 11) is 1.37. The topological polar surface area (TPSA) is 69.5 Å². The molecule has 1 aliphatic heterocycles. The van der Waals surface area contributed by atoms with Crippen LogP contribution in [0.5, 0.6) is 0 Å². The fourth-order valence-corrected chi connectivity index (χ4v) is 1.99. The third kappa shape index (κ3) is 2.85. The molecule has 1 atom stereocenters. The molecule has 1 fully saturated rings. The third-order valence-corrected chi connectivity index (χ3v) is 2.97. The lowest BCUT2D eigenvalue weighted by Crippen LogP contribution is -2.46. The summed E-state index contributed by atoms with van der Waals surface area (Å²) >= 11 is 0. The number of aromatic nitrogens is 3. The first-order valence-corrected chi connectivity index (χ1v) is 6.03. The summed E-state index contributed by atoms with van der Waals surface area (Å²) in [5, 5.41) is 4.13. The number of rotatable bonds is 4. The van der Waals surface area contributed by atoms with Crippen LogP contribution in [0.1, 0.15) is 12.7 Å². The molecule has 0 spiro atoms. The second-order valence-corrected chi connectivity index (χ2v) is 4.11. The maximum absolute atomic E-state index is 11.4. The molecule has 1 saturated heterocycles. The smallest absolute Gasteiger partial charge is 0.336 e. The summed E-state index contributed by atoms with van der Waals surface area (Å²) in [6.07, 6.45) is 1.05. The number of nitrogens with zero attached hydrogens (tertiary/aromatic N) is 4. The van der Waals surface area contributed by atoms with E-state index < -0.39 is 6.10 Å². The molecule has 7 nitrogen and oxygen atoms in total. The highest BCUT2D eigenvalue weighted by molar-refractivity contribution is 5.74. The first-order valence-electron chi connectivity index (χ1n) is 6.03. The van der Waals surface area contributed by atoms with Gasteiger partial charge in [-0.2, -0.15) is 5.10 Å². The Bertz CT molecular complexity index is 407. The average Bonchev–Trinajstić information content (AvgIpc) is 2.85. The van der Waals surface area contributed by atoms with Crippen molar-refractivity contribution in [3.63, 3.8) is 0 Å². The molecule has 0 bridgehead atoms. The maximum atomic E-state index is 11.4. The first kappa shape index (κ1) is 13.0. The van der Waals surface area contributed by atoms with Crippen molar-refractivity contribution < 1.29 is 14.3 Å². The Morgan fingerprint density at radius 1 is 1.67 bits per heavy atom. The van der Waals surface area contributed by atoms with Crippen LogP contribution in [0.15, 0.2) is 6.33 Å². The van der Waals surface area contributed by atoms with E-state index >= 15 is 0 Å². The van der Waals surface area contributed by atoms with E-state index in [0.717, 1.165) is 18.9 Å². The molecule has 1 aromatic rings. The quantitative estimate of drug-likeness (QED) is 0.685. The molecular formula is C11H18N4O3. The molecule has 2 rings (SSSR count).